The smallest absolute Gasteiger partial charge is 0.253 e. The average Bonchev–Trinajstić information content (AvgIpc) is 2.86. The van der Waals surface area contributed by atoms with Gasteiger partial charge in [-0.1, -0.05) is 12.1 Å². The summed E-state index contributed by atoms with van der Waals surface area (Å²) in [5.41, 5.74) is 0.816. The van der Waals surface area contributed by atoms with Crippen molar-refractivity contribution in [3.05, 3.63) is 36.0 Å². The molecule has 1 atom stereocenters. The standard InChI is InChI=1S/C15H20N2O3/c1-15(7-9-18,10-20-2)17-14(19)12-5-3-4-11-6-8-16-13(11)12/h3-6,8,16,18H,7,9-10H2,1-2H3,(H,17,19). The number of amides is 1. The van der Waals surface area contributed by atoms with Crippen molar-refractivity contribution in [2.75, 3.05) is 20.3 Å². The van der Waals surface area contributed by atoms with Crippen LogP contribution in [0, 0.1) is 0 Å². The maximum Gasteiger partial charge on any atom is 0.253 e. The molecule has 0 bridgehead atoms. The number of hydrogen-bond donors (Lipinski definition) is 3. The van der Waals surface area contributed by atoms with E-state index in [-0.39, 0.29) is 12.5 Å². The van der Waals surface area contributed by atoms with E-state index in [9.17, 15) is 4.79 Å². The highest BCUT2D eigenvalue weighted by molar-refractivity contribution is 6.05. The summed E-state index contributed by atoms with van der Waals surface area (Å²) in [7, 11) is 1.58. The molecule has 2 rings (SSSR count). The monoisotopic (exact) mass is 276 g/mol. The Morgan fingerprint density at radius 1 is 1.45 bits per heavy atom. The predicted molar refractivity (Wildman–Crippen MR) is 77.7 cm³/mol. The molecule has 0 radical (unpaired) electrons. The number of aliphatic hydroxyl groups excluding tert-OH is 1. The van der Waals surface area contributed by atoms with Gasteiger partial charge in [-0.2, -0.15) is 0 Å². The fourth-order valence-electron chi connectivity index (χ4n) is 2.35. The second-order valence-corrected chi connectivity index (χ2v) is 5.17. The van der Waals surface area contributed by atoms with Crippen LogP contribution in [-0.2, 0) is 4.74 Å². The molecule has 0 fully saturated rings. The first kappa shape index (κ1) is 14.6. The molecule has 20 heavy (non-hydrogen) atoms. The van der Waals surface area contributed by atoms with Gasteiger partial charge in [-0.25, -0.2) is 0 Å². The van der Waals surface area contributed by atoms with Crippen molar-refractivity contribution < 1.29 is 14.6 Å². The number of nitrogens with one attached hydrogen (secondary N) is 2. The van der Waals surface area contributed by atoms with Gasteiger partial charge in [0.1, 0.15) is 0 Å². The summed E-state index contributed by atoms with van der Waals surface area (Å²) in [5, 5.41) is 13.1. The Hall–Kier alpha value is -1.85. The van der Waals surface area contributed by atoms with Crippen LogP contribution < -0.4 is 5.32 Å². The largest absolute Gasteiger partial charge is 0.396 e. The Morgan fingerprint density at radius 3 is 2.95 bits per heavy atom. The number of hydrogen-bond acceptors (Lipinski definition) is 3. The normalized spacial score (nSPS) is 14.2. The van der Waals surface area contributed by atoms with Gasteiger partial charge < -0.3 is 20.1 Å². The fraction of sp³-hybridized carbons (Fsp3) is 0.400. The lowest BCUT2D eigenvalue weighted by molar-refractivity contribution is 0.0727. The Labute approximate surface area is 117 Å². The van der Waals surface area contributed by atoms with E-state index in [1.807, 2.05) is 31.3 Å². The number of fused-ring (bicyclic) bond motifs is 1. The minimum absolute atomic E-state index is 0.00710. The number of carbonyl (C=O) groups excluding carboxylic acids is 1. The van der Waals surface area contributed by atoms with Crippen LogP contribution in [0.5, 0.6) is 0 Å². The molecule has 5 heteroatoms. The first-order valence-corrected chi connectivity index (χ1v) is 6.58. The number of H-pyrrole nitrogens is 1. The summed E-state index contributed by atoms with van der Waals surface area (Å²) in [4.78, 5) is 15.5. The van der Waals surface area contributed by atoms with Crippen molar-refractivity contribution in [3.63, 3.8) is 0 Å². The maximum atomic E-state index is 12.5. The molecule has 0 saturated carbocycles. The highest BCUT2D eigenvalue weighted by Gasteiger charge is 2.27. The van der Waals surface area contributed by atoms with E-state index in [0.717, 1.165) is 10.9 Å². The number of carbonyl (C=O) groups is 1. The van der Waals surface area contributed by atoms with Crippen molar-refractivity contribution in [1.82, 2.24) is 10.3 Å². The number of aromatic nitrogens is 1. The number of rotatable bonds is 6. The van der Waals surface area contributed by atoms with E-state index in [4.69, 9.17) is 9.84 Å². The van der Waals surface area contributed by atoms with Crippen LogP contribution in [0.4, 0.5) is 0 Å². The topological polar surface area (TPSA) is 74.3 Å². The summed E-state index contributed by atoms with van der Waals surface area (Å²) in [5.74, 6) is -0.175. The van der Waals surface area contributed by atoms with Crippen LogP contribution in [0.3, 0.4) is 0 Å². The molecule has 1 unspecified atom stereocenters. The molecule has 0 saturated heterocycles. The molecule has 1 amide bonds. The second-order valence-electron chi connectivity index (χ2n) is 5.17. The molecular weight excluding hydrogens is 256 g/mol. The van der Waals surface area contributed by atoms with Gasteiger partial charge in [-0.3, -0.25) is 4.79 Å². The van der Waals surface area contributed by atoms with Crippen molar-refractivity contribution >= 4 is 16.8 Å². The molecule has 0 aliphatic rings. The molecule has 0 aliphatic heterocycles. The molecular formula is C15H20N2O3. The summed E-state index contributed by atoms with van der Waals surface area (Å²) in [6.45, 7) is 2.20. The number of aliphatic hydroxyl groups is 1. The van der Waals surface area contributed by atoms with Crippen molar-refractivity contribution in [3.8, 4) is 0 Å². The van der Waals surface area contributed by atoms with E-state index in [1.165, 1.54) is 0 Å². The number of aromatic amines is 1. The van der Waals surface area contributed by atoms with Gasteiger partial charge >= 0.3 is 0 Å². The van der Waals surface area contributed by atoms with Gasteiger partial charge in [-0.05, 0) is 25.5 Å². The van der Waals surface area contributed by atoms with Crippen LogP contribution in [0.1, 0.15) is 23.7 Å². The van der Waals surface area contributed by atoms with Crippen LogP contribution >= 0.6 is 0 Å². The van der Waals surface area contributed by atoms with E-state index >= 15 is 0 Å². The highest BCUT2D eigenvalue weighted by atomic mass is 16.5. The van der Waals surface area contributed by atoms with Crippen LogP contribution in [0.25, 0.3) is 10.9 Å². The third-order valence-electron chi connectivity index (χ3n) is 3.37. The first-order valence-electron chi connectivity index (χ1n) is 6.58. The minimum atomic E-state index is -0.588. The van der Waals surface area contributed by atoms with Crippen LogP contribution in [0.2, 0.25) is 0 Å². The van der Waals surface area contributed by atoms with Gasteiger partial charge in [0.05, 0.1) is 23.2 Å². The zero-order valence-electron chi connectivity index (χ0n) is 11.8. The van der Waals surface area contributed by atoms with E-state index < -0.39 is 5.54 Å². The predicted octanol–water partition coefficient (Wildman–Crippen LogP) is 1.69. The average molecular weight is 276 g/mol. The molecule has 1 aromatic carbocycles. The van der Waals surface area contributed by atoms with E-state index in [2.05, 4.69) is 10.3 Å². The van der Waals surface area contributed by atoms with Crippen molar-refractivity contribution in [1.29, 1.82) is 0 Å². The maximum absolute atomic E-state index is 12.5. The molecule has 1 aromatic heterocycles. The number of para-hydroxylation sites is 1. The molecule has 1 heterocycles. The van der Waals surface area contributed by atoms with Gasteiger partial charge in [0.2, 0.25) is 0 Å². The van der Waals surface area contributed by atoms with Gasteiger partial charge in [-0.15, -0.1) is 0 Å². The summed E-state index contributed by atoms with van der Waals surface area (Å²) >= 11 is 0. The van der Waals surface area contributed by atoms with Gasteiger partial charge in [0.25, 0.3) is 5.91 Å². The van der Waals surface area contributed by atoms with Crippen LogP contribution in [0.15, 0.2) is 30.5 Å². The highest BCUT2D eigenvalue weighted by Crippen LogP contribution is 2.18. The second kappa shape index (κ2) is 6.07. The Morgan fingerprint density at radius 2 is 2.25 bits per heavy atom. The fourth-order valence-corrected chi connectivity index (χ4v) is 2.35. The molecule has 3 N–H and O–H groups in total. The zero-order chi connectivity index (χ0) is 14.6. The Balaban J connectivity index is 2.24. The zero-order valence-corrected chi connectivity index (χ0v) is 11.8. The Bertz CT molecular complexity index is 586. The van der Waals surface area contributed by atoms with Crippen molar-refractivity contribution in [2.45, 2.75) is 18.9 Å². The lowest BCUT2D eigenvalue weighted by atomic mass is 9.98. The summed E-state index contributed by atoms with van der Waals surface area (Å²) in [6.07, 6.45) is 2.25. The van der Waals surface area contributed by atoms with Crippen LogP contribution in [-0.4, -0.2) is 41.9 Å². The molecule has 0 aliphatic carbocycles. The third-order valence-corrected chi connectivity index (χ3v) is 3.37. The molecule has 5 nitrogen and oxygen atoms in total. The SMILES string of the molecule is COCC(C)(CCO)NC(=O)c1cccc2cc[nH]c12. The van der Waals surface area contributed by atoms with Gasteiger partial charge in [0.15, 0.2) is 0 Å². The molecule has 108 valence electrons. The number of methoxy groups -OCH3 is 1. The first-order chi connectivity index (χ1) is 9.59. The van der Waals surface area contributed by atoms with E-state index in [0.29, 0.717) is 18.6 Å². The Kier molecular flexibility index (Phi) is 4.42. The minimum Gasteiger partial charge on any atom is -0.396 e. The van der Waals surface area contributed by atoms with Gasteiger partial charge in [0, 0.05) is 25.3 Å². The lowest BCUT2D eigenvalue weighted by Crippen LogP contribution is -2.50. The van der Waals surface area contributed by atoms with Crippen molar-refractivity contribution in [2.24, 2.45) is 0 Å². The number of ether oxygens (including phenoxy) is 1. The van der Waals surface area contributed by atoms with E-state index in [1.54, 1.807) is 13.2 Å². The molecule has 2 aromatic rings. The molecule has 0 spiro atoms. The number of benzene rings is 1. The lowest BCUT2D eigenvalue weighted by Gasteiger charge is -2.29. The quantitative estimate of drug-likeness (QED) is 0.751. The summed E-state index contributed by atoms with van der Waals surface area (Å²) < 4.78 is 5.14. The summed E-state index contributed by atoms with van der Waals surface area (Å²) in [6, 6.07) is 7.50. The third kappa shape index (κ3) is 3.00.